The molecule has 1 aromatic carbocycles. The Morgan fingerprint density at radius 3 is 2.11 bits per heavy atom. The van der Waals surface area contributed by atoms with Crippen LogP contribution < -0.4 is 4.74 Å². The van der Waals surface area contributed by atoms with Crippen molar-refractivity contribution in [3.8, 4) is 5.75 Å². The number of benzene rings is 1. The highest BCUT2D eigenvalue weighted by Gasteiger charge is 2.75. The average Bonchev–Trinajstić information content (AvgIpc) is 2.57. The number of carbonyl (C=O) groups excluding carboxylic acids is 2. The summed E-state index contributed by atoms with van der Waals surface area (Å²) in [5.41, 5.74) is 0. The van der Waals surface area contributed by atoms with Crippen molar-refractivity contribution in [1.82, 2.24) is 0 Å². The van der Waals surface area contributed by atoms with E-state index in [1.54, 1.807) is 0 Å². The third-order valence-corrected chi connectivity index (χ3v) is 3.36. The zero-order chi connectivity index (χ0) is 21.8. The molecule has 0 aromatic heterocycles. The number of carbonyl (C=O) groups is 2. The summed E-state index contributed by atoms with van der Waals surface area (Å²) in [6.45, 7) is -2.59. The van der Waals surface area contributed by atoms with Gasteiger partial charge in [-0.15, -0.1) is 0 Å². The summed E-state index contributed by atoms with van der Waals surface area (Å²) >= 11 is 5.63. The number of hydrogen-bond acceptors (Lipinski definition) is 4. The monoisotopic (exact) mass is 442 g/mol. The SMILES string of the molecule is O=C(CCC(=O)Oc1cccc(Cl)c1)OCC(F)(F)C(F)(F)C(F)(F)C(F)F. The molecule has 0 aliphatic carbocycles. The molecule has 0 spiro atoms. The van der Waals surface area contributed by atoms with Crippen molar-refractivity contribution in [2.45, 2.75) is 37.0 Å². The summed E-state index contributed by atoms with van der Waals surface area (Å²) in [7, 11) is 0. The smallest absolute Gasteiger partial charge is 0.381 e. The van der Waals surface area contributed by atoms with Crippen LogP contribution in [-0.4, -0.2) is 42.7 Å². The predicted octanol–water partition coefficient (Wildman–Crippen LogP) is 4.74. The van der Waals surface area contributed by atoms with E-state index in [1.807, 2.05) is 0 Å². The van der Waals surface area contributed by atoms with Crippen LogP contribution >= 0.6 is 11.6 Å². The molecule has 0 saturated heterocycles. The maximum atomic E-state index is 13.2. The Balaban J connectivity index is 2.56. The molecule has 13 heteroatoms. The van der Waals surface area contributed by atoms with Gasteiger partial charge in [0, 0.05) is 5.02 Å². The van der Waals surface area contributed by atoms with Crippen molar-refractivity contribution in [3.63, 3.8) is 0 Å². The lowest BCUT2D eigenvalue weighted by atomic mass is 10.1. The fourth-order valence-electron chi connectivity index (χ4n) is 1.63. The lowest BCUT2D eigenvalue weighted by molar-refractivity contribution is -0.344. The predicted molar refractivity (Wildman–Crippen MR) is 78.1 cm³/mol. The fourth-order valence-corrected chi connectivity index (χ4v) is 1.81. The van der Waals surface area contributed by atoms with Gasteiger partial charge in [0.25, 0.3) is 0 Å². The molecule has 0 saturated carbocycles. The second-order valence-electron chi connectivity index (χ2n) is 5.29. The van der Waals surface area contributed by atoms with Gasteiger partial charge >= 0.3 is 36.1 Å². The minimum absolute atomic E-state index is 0.00808. The highest BCUT2D eigenvalue weighted by Crippen LogP contribution is 2.48. The lowest BCUT2D eigenvalue weighted by Gasteiger charge is -2.31. The van der Waals surface area contributed by atoms with E-state index in [2.05, 4.69) is 4.74 Å². The van der Waals surface area contributed by atoms with E-state index in [-0.39, 0.29) is 10.8 Å². The third-order valence-electron chi connectivity index (χ3n) is 3.13. The number of rotatable bonds is 9. The van der Waals surface area contributed by atoms with Gasteiger partial charge in [0.2, 0.25) is 0 Å². The summed E-state index contributed by atoms with van der Waals surface area (Å²) < 4.78 is 110. The minimum Gasteiger partial charge on any atom is -0.459 e. The van der Waals surface area contributed by atoms with E-state index >= 15 is 0 Å². The van der Waals surface area contributed by atoms with Crippen LogP contribution in [0.3, 0.4) is 0 Å². The van der Waals surface area contributed by atoms with Gasteiger partial charge in [-0.25, -0.2) is 8.78 Å². The summed E-state index contributed by atoms with van der Waals surface area (Å²) in [4.78, 5) is 22.7. The molecule has 0 amide bonds. The normalized spacial score (nSPS) is 12.8. The molecule has 0 heterocycles. The molecule has 0 radical (unpaired) electrons. The Morgan fingerprint density at radius 2 is 1.57 bits per heavy atom. The quantitative estimate of drug-likeness (QED) is 0.315. The summed E-state index contributed by atoms with van der Waals surface area (Å²) in [6, 6.07) is 5.46. The van der Waals surface area contributed by atoms with Crippen LogP contribution in [0.25, 0.3) is 0 Å². The summed E-state index contributed by atoms with van der Waals surface area (Å²) in [5, 5.41) is 0.216. The zero-order valence-electron chi connectivity index (χ0n) is 13.5. The molecule has 1 aromatic rings. The number of ether oxygens (including phenoxy) is 2. The first-order valence-corrected chi connectivity index (χ1v) is 7.62. The first-order chi connectivity index (χ1) is 12.7. The van der Waals surface area contributed by atoms with E-state index in [4.69, 9.17) is 16.3 Å². The highest BCUT2D eigenvalue weighted by atomic mass is 35.5. The van der Waals surface area contributed by atoms with Gasteiger partial charge in [0.15, 0.2) is 6.61 Å². The fraction of sp³-hybridized carbons (Fsp3) is 0.467. The van der Waals surface area contributed by atoms with Crippen LogP contribution in [0.2, 0.25) is 5.02 Å². The van der Waals surface area contributed by atoms with E-state index in [1.165, 1.54) is 24.3 Å². The van der Waals surface area contributed by atoms with Crippen LogP contribution in [0.4, 0.5) is 35.1 Å². The van der Waals surface area contributed by atoms with Crippen molar-refractivity contribution in [3.05, 3.63) is 29.3 Å². The molecule has 0 bridgehead atoms. The minimum atomic E-state index is -6.49. The molecule has 0 aliphatic heterocycles. The van der Waals surface area contributed by atoms with E-state index < -0.39 is 55.6 Å². The van der Waals surface area contributed by atoms with Gasteiger partial charge in [-0.3, -0.25) is 9.59 Å². The van der Waals surface area contributed by atoms with Crippen molar-refractivity contribution in [1.29, 1.82) is 0 Å². The van der Waals surface area contributed by atoms with E-state index in [0.717, 1.165) is 0 Å². The van der Waals surface area contributed by atoms with Crippen LogP contribution in [0, 0.1) is 0 Å². The number of halogens is 9. The molecule has 0 N–H and O–H groups in total. The zero-order valence-corrected chi connectivity index (χ0v) is 14.3. The van der Waals surface area contributed by atoms with Crippen molar-refractivity contribution >= 4 is 23.5 Å². The molecule has 4 nitrogen and oxygen atoms in total. The average molecular weight is 443 g/mol. The Morgan fingerprint density at radius 1 is 1.00 bits per heavy atom. The van der Waals surface area contributed by atoms with Crippen LogP contribution in [0.15, 0.2) is 24.3 Å². The van der Waals surface area contributed by atoms with E-state index in [0.29, 0.717) is 0 Å². The first kappa shape index (κ1) is 23.9. The van der Waals surface area contributed by atoms with Gasteiger partial charge in [-0.05, 0) is 18.2 Å². The van der Waals surface area contributed by atoms with Gasteiger partial charge in [-0.1, -0.05) is 17.7 Å². The van der Waals surface area contributed by atoms with Crippen LogP contribution in [0.1, 0.15) is 12.8 Å². The molecule has 158 valence electrons. The van der Waals surface area contributed by atoms with Crippen LogP contribution in [-0.2, 0) is 14.3 Å². The van der Waals surface area contributed by atoms with Crippen molar-refractivity contribution in [2.24, 2.45) is 0 Å². The molecule has 0 unspecified atom stereocenters. The van der Waals surface area contributed by atoms with Crippen molar-refractivity contribution in [2.75, 3.05) is 6.61 Å². The largest absolute Gasteiger partial charge is 0.459 e. The summed E-state index contributed by atoms with van der Waals surface area (Å²) in [5.74, 6) is -21.3. The molecule has 0 atom stereocenters. The second-order valence-corrected chi connectivity index (χ2v) is 5.73. The second kappa shape index (κ2) is 8.93. The third kappa shape index (κ3) is 5.69. The number of hydrogen-bond donors (Lipinski definition) is 0. The molecular formula is C15H11ClF8O4. The molecule has 1 rings (SSSR count). The van der Waals surface area contributed by atoms with Crippen LogP contribution in [0.5, 0.6) is 5.75 Å². The molecule has 0 aliphatic rings. The number of esters is 2. The topological polar surface area (TPSA) is 52.6 Å². The number of alkyl halides is 8. The Bertz CT molecular complexity index is 711. The maximum absolute atomic E-state index is 13.2. The van der Waals surface area contributed by atoms with Crippen molar-refractivity contribution < 1.29 is 54.2 Å². The highest BCUT2D eigenvalue weighted by molar-refractivity contribution is 6.30. The lowest BCUT2D eigenvalue weighted by Crippen LogP contribution is -2.59. The molecule has 28 heavy (non-hydrogen) atoms. The molecular weight excluding hydrogens is 432 g/mol. The van der Waals surface area contributed by atoms with Gasteiger partial charge in [0.05, 0.1) is 12.8 Å². The maximum Gasteiger partial charge on any atom is 0.381 e. The van der Waals surface area contributed by atoms with Gasteiger partial charge in [0.1, 0.15) is 5.75 Å². The summed E-state index contributed by atoms with van der Waals surface area (Å²) in [6.07, 6.45) is -6.74. The first-order valence-electron chi connectivity index (χ1n) is 7.24. The Labute approximate surface area is 157 Å². The van der Waals surface area contributed by atoms with Gasteiger partial charge in [-0.2, -0.15) is 26.3 Å². The molecule has 0 fully saturated rings. The Kier molecular flexibility index (Phi) is 7.63. The van der Waals surface area contributed by atoms with E-state index in [9.17, 15) is 44.7 Å². The standard InChI is InChI=1S/C15H11ClF8O4/c16-8-2-1-3-9(6-8)28-11(26)5-4-10(25)27-7-13(19,20)15(23,24)14(21,22)12(17)18/h1-3,6,12H,4-5,7H2. The Hall–Kier alpha value is -2.11. The van der Waals surface area contributed by atoms with Gasteiger partial charge < -0.3 is 9.47 Å².